The van der Waals surface area contributed by atoms with Crippen LogP contribution >= 0.6 is 0 Å². The molecule has 0 saturated heterocycles. The predicted octanol–water partition coefficient (Wildman–Crippen LogP) is 1.32. The lowest BCUT2D eigenvalue weighted by molar-refractivity contribution is 0.0924. The Morgan fingerprint density at radius 2 is 1.92 bits per heavy atom. The minimum Gasteiger partial charge on any atom is -0.427 e. The monoisotopic (exact) mass is 327 g/mol. The molecule has 24 heavy (non-hydrogen) atoms. The van der Waals surface area contributed by atoms with Crippen molar-refractivity contribution >= 4 is 13.0 Å². The topological polar surface area (TPSA) is 95.3 Å². The fourth-order valence-corrected chi connectivity index (χ4v) is 2.83. The van der Waals surface area contributed by atoms with Gasteiger partial charge in [-0.15, -0.1) is 0 Å². The molecule has 6 nitrogen and oxygen atoms in total. The lowest BCUT2D eigenvalue weighted by atomic mass is 9.61. The third-order valence-corrected chi connectivity index (χ3v) is 3.99. The zero-order valence-corrected chi connectivity index (χ0v) is 13.8. The summed E-state index contributed by atoms with van der Waals surface area (Å²) < 4.78 is 0. The fourth-order valence-electron chi connectivity index (χ4n) is 2.83. The van der Waals surface area contributed by atoms with Crippen molar-refractivity contribution < 1.29 is 14.8 Å². The molecular weight excluding hydrogens is 305 g/mol. The second kappa shape index (κ2) is 8.56. The molecule has 0 aliphatic heterocycles. The highest BCUT2D eigenvalue weighted by Gasteiger charge is 2.35. The summed E-state index contributed by atoms with van der Waals surface area (Å²) in [6.45, 7) is 3.80. The molecular formula is C17H22BN3O3. The van der Waals surface area contributed by atoms with Gasteiger partial charge < -0.3 is 15.4 Å². The summed E-state index contributed by atoms with van der Waals surface area (Å²) in [5.41, 5.74) is 1.21. The van der Waals surface area contributed by atoms with Crippen LogP contribution < -0.4 is 5.32 Å². The quantitative estimate of drug-likeness (QED) is 0.667. The first-order chi connectivity index (χ1) is 11.5. The lowest BCUT2D eigenvalue weighted by Gasteiger charge is -2.30. The molecule has 1 heterocycles. The molecule has 0 saturated carbocycles. The van der Waals surface area contributed by atoms with Crippen molar-refractivity contribution in [1.82, 2.24) is 15.3 Å². The summed E-state index contributed by atoms with van der Waals surface area (Å²) in [6.07, 6.45) is 4.82. The molecule has 0 aliphatic rings. The van der Waals surface area contributed by atoms with Gasteiger partial charge in [0.1, 0.15) is 5.69 Å². The average molecular weight is 327 g/mol. The van der Waals surface area contributed by atoms with Crippen LogP contribution in [0.5, 0.6) is 0 Å². The lowest BCUT2D eigenvalue weighted by Crippen LogP contribution is -2.46. The van der Waals surface area contributed by atoms with Crippen molar-refractivity contribution in [3.8, 4) is 0 Å². The number of carbonyl (C=O) groups excluding carboxylic acids is 1. The molecule has 0 spiro atoms. The van der Waals surface area contributed by atoms with E-state index in [0.717, 1.165) is 5.56 Å². The number of nitrogens with one attached hydrogen (secondary N) is 1. The van der Waals surface area contributed by atoms with Gasteiger partial charge in [0.25, 0.3) is 5.91 Å². The van der Waals surface area contributed by atoms with Crippen LogP contribution in [-0.2, 0) is 6.42 Å². The van der Waals surface area contributed by atoms with Crippen molar-refractivity contribution in [1.29, 1.82) is 0 Å². The van der Waals surface area contributed by atoms with Gasteiger partial charge in [-0.25, -0.2) is 4.98 Å². The van der Waals surface area contributed by atoms with Gasteiger partial charge in [-0.05, 0) is 17.9 Å². The Morgan fingerprint density at radius 3 is 2.46 bits per heavy atom. The van der Waals surface area contributed by atoms with Crippen molar-refractivity contribution in [3.05, 3.63) is 60.2 Å². The van der Waals surface area contributed by atoms with Gasteiger partial charge in [-0.3, -0.25) is 9.78 Å². The minimum atomic E-state index is -1.53. The van der Waals surface area contributed by atoms with Gasteiger partial charge in [0.05, 0.1) is 6.20 Å². The van der Waals surface area contributed by atoms with Gasteiger partial charge in [-0.2, -0.15) is 0 Å². The second-order valence-electron chi connectivity index (χ2n) is 6.10. The number of aromatic nitrogens is 2. The highest BCUT2D eigenvalue weighted by molar-refractivity contribution is 6.43. The summed E-state index contributed by atoms with van der Waals surface area (Å²) in [6, 6.07) is 9.19. The number of rotatable bonds is 7. The molecule has 2 aromatic rings. The first-order valence-corrected chi connectivity index (χ1v) is 7.96. The molecule has 2 rings (SSSR count). The van der Waals surface area contributed by atoms with Gasteiger partial charge in [0.2, 0.25) is 0 Å². The maximum atomic E-state index is 12.4. The van der Waals surface area contributed by atoms with Crippen LogP contribution in [0.15, 0.2) is 48.9 Å². The molecule has 0 unspecified atom stereocenters. The van der Waals surface area contributed by atoms with E-state index in [1.807, 2.05) is 44.2 Å². The Kier molecular flexibility index (Phi) is 6.46. The van der Waals surface area contributed by atoms with Crippen LogP contribution in [-0.4, -0.2) is 39.1 Å². The fraction of sp³-hybridized carbons (Fsp3) is 0.353. The van der Waals surface area contributed by atoms with Gasteiger partial charge in [0, 0.05) is 24.3 Å². The average Bonchev–Trinajstić information content (AvgIpc) is 2.56. The predicted molar refractivity (Wildman–Crippen MR) is 92.2 cm³/mol. The van der Waals surface area contributed by atoms with Crippen LogP contribution in [0.3, 0.4) is 0 Å². The summed E-state index contributed by atoms with van der Waals surface area (Å²) in [7, 11) is -1.53. The van der Waals surface area contributed by atoms with E-state index in [9.17, 15) is 14.8 Å². The number of hydrogen-bond acceptors (Lipinski definition) is 5. The SMILES string of the molecule is CC(C)[C@@H](B(O)O)[C@H](Cc1ccccc1)NC(=O)c1cnccn1. The first kappa shape index (κ1) is 18.1. The summed E-state index contributed by atoms with van der Waals surface area (Å²) in [5, 5.41) is 22.5. The van der Waals surface area contributed by atoms with E-state index in [-0.39, 0.29) is 17.5 Å². The van der Waals surface area contributed by atoms with Crippen molar-refractivity contribution in [2.24, 2.45) is 5.92 Å². The molecule has 0 fully saturated rings. The highest BCUT2D eigenvalue weighted by atomic mass is 16.4. The van der Waals surface area contributed by atoms with Gasteiger partial charge in [0.15, 0.2) is 0 Å². The van der Waals surface area contributed by atoms with Crippen LogP contribution in [0, 0.1) is 5.92 Å². The normalized spacial score (nSPS) is 13.4. The molecule has 2 atom stereocenters. The Bertz CT molecular complexity index is 630. The van der Waals surface area contributed by atoms with E-state index >= 15 is 0 Å². The first-order valence-electron chi connectivity index (χ1n) is 7.96. The van der Waals surface area contributed by atoms with Crippen molar-refractivity contribution in [2.75, 3.05) is 0 Å². The summed E-state index contributed by atoms with van der Waals surface area (Å²) in [5.74, 6) is -0.915. The second-order valence-corrected chi connectivity index (χ2v) is 6.10. The van der Waals surface area contributed by atoms with Crippen LogP contribution in [0.25, 0.3) is 0 Å². The largest absolute Gasteiger partial charge is 0.457 e. The Morgan fingerprint density at radius 1 is 1.21 bits per heavy atom. The Balaban J connectivity index is 2.23. The van der Waals surface area contributed by atoms with E-state index in [2.05, 4.69) is 15.3 Å². The van der Waals surface area contributed by atoms with Crippen molar-refractivity contribution in [2.45, 2.75) is 32.1 Å². The zero-order valence-electron chi connectivity index (χ0n) is 13.8. The zero-order chi connectivity index (χ0) is 17.5. The molecule has 1 aromatic carbocycles. The van der Waals surface area contributed by atoms with E-state index in [0.29, 0.717) is 6.42 Å². The van der Waals surface area contributed by atoms with E-state index < -0.39 is 19.0 Å². The molecule has 3 N–H and O–H groups in total. The summed E-state index contributed by atoms with van der Waals surface area (Å²) in [4.78, 5) is 20.3. The third-order valence-electron chi connectivity index (χ3n) is 3.99. The highest BCUT2D eigenvalue weighted by Crippen LogP contribution is 2.26. The van der Waals surface area contributed by atoms with Crippen LogP contribution in [0.1, 0.15) is 29.9 Å². The van der Waals surface area contributed by atoms with E-state index in [4.69, 9.17) is 0 Å². The number of nitrogens with zero attached hydrogens (tertiary/aromatic N) is 2. The van der Waals surface area contributed by atoms with E-state index in [1.165, 1.54) is 18.6 Å². The molecule has 1 aromatic heterocycles. The maximum absolute atomic E-state index is 12.4. The minimum absolute atomic E-state index is 0.0270. The molecule has 0 radical (unpaired) electrons. The molecule has 1 amide bonds. The number of hydrogen-bond donors (Lipinski definition) is 3. The molecule has 7 heteroatoms. The maximum Gasteiger partial charge on any atom is 0.457 e. The molecule has 0 bridgehead atoms. The number of amides is 1. The number of benzene rings is 1. The standard InChI is InChI=1S/C17H22BN3O3/c1-12(2)16(18(23)24)14(10-13-6-4-3-5-7-13)21-17(22)15-11-19-8-9-20-15/h3-9,11-12,14,16,23-24H,10H2,1-2H3,(H,21,22)/t14-,16+/m0/s1. The Labute approximate surface area is 142 Å². The smallest absolute Gasteiger partial charge is 0.427 e. The van der Waals surface area contributed by atoms with Crippen LogP contribution in [0.2, 0.25) is 5.82 Å². The van der Waals surface area contributed by atoms with Crippen LogP contribution in [0.4, 0.5) is 0 Å². The van der Waals surface area contributed by atoms with E-state index in [1.54, 1.807) is 0 Å². The third kappa shape index (κ3) is 4.87. The van der Waals surface area contributed by atoms with Gasteiger partial charge in [-0.1, -0.05) is 44.2 Å². The van der Waals surface area contributed by atoms with Crippen molar-refractivity contribution in [3.63, 3.8) is 0 Å². The number of carbonyl (C=O) groups is 1. The Hall–Kier alpha value is -2.25. The summed E-state index contributed by atoms with van der Waals surface area (Å²) >= 11 is 0. The van der Waals surface area contributed by atoms with Gasteiger partial charge >= 0.3 is 7.12 Å². The molecule has 0 aliphatic carbocycles. The molecule has 126 valence electrons.